The van der Waals surface area contributed by atoms with Crippen LogP contribution in [0.2, 0.25) is 0 Å². The third kappa shape index (κ3) is 5.23. The van der Waals surface area contributed by atoms with Gasteiger partial charge in [-0.2, -0.15) is 9.49 Å². The minimum absolute atomic E-state index is 0.0828. The number of hydrazine groups is 1. The number of hydrogen-bond donors (Lipinski definition) is 4. The lowest BCUT2D eigenvalue weighted by molar-refractivity contribution is 0.288. The first-order chi connectivity index (χ1) is 17.4. The number of amidine groups is 1. The lowest BCUT2D eigenvalue weighted by Crippen LogP contribution is -2.40. The number of thiophene rings is 1. The zero-order chi connectivity index (χ0) is 25.7. The molecule has 4 rings (SSSR count). The predicted molar refractivity (Wildman–Crippen MR) is 142 cm³/mol. The number of aromatic nitrogens is 1. The van der Waals surface area contributed by atoms with Crippen molar-refractivity contribution in [3.05, 3.63) is 71.9 Å². The number of benzene rings is 2. The predicted octanol–water partition coefficient (Wildman–Crippen LogP) is 4.20. The number of halogens is 2. The molecule has 2 aromatic heterocycles. The Balaban J connectivity index is 1.61. The smallest absolute Gasteiger partial charge is 0.202 e. The van der Waals surface area contributed by atoms with E-state index in [1.807, 2.05) is 37.3 Å². The molecule has 4 aromatic rings. The van der Waals surface area contributed by atoms with Gasteiger partial charge in [-0.3, -0.25) is 5.01 Å². The number of nitrogens with one attached hydrogen (secondary N) is 1. The van der Waals surface area contributed by atoms with E-state index in [1.54, 1.807) is 23.6 Å². The third-order valence-corrected chi connectivity index (χ3v) is 6.68. The Labute approximate surface area is 211 Å². The highest BCUT2D eigenvalue weighted by atomic mass is 32.1. The van der Waals surface area contributed by atoms with Crippen LogP contribution in [0, 0.1) is 11.6 Å². The van der Waals surface area contributed by atoms with Crippen molar-refractivity contribution in [3.8, 4) is 16.2 Å². The maximum Gasteiger partial charge on any atom is 0.202 e. The van der Waals surface area contributed by atoms with Gasteiger partial charge < -0.3 is 21.6 Å². The molecule has 0 aliphatic rings. The van der Waals surface area contributed by atoms with Crippen LogP contribution >= 0.6 is 11.3 Å². The number of pyridine rings is 1. The number of nitrogens with zero attached hydrogens (tertiary/aromatic N) is 3. The summed E-state index contributed by atoms with van der Waals surface area (Å²) in [4.78, 5) is 5.19. The highest BCUT2D eigenvalue weighted by Gasteiger charge is 2.23. The van der Waals surface area contributed by atoms with Crippen molar-refractivity contribution in [2.24, 2.45) is 16.8 Å². The number of hydrazone groups is 1. The second-order valence-corrected chi connectivity index (χ2v) is 8.98. The number of rotatable bonds is 9. The molecule has 0 spiro atoms. The van der Waals surface area contributed by atoms with Crippen LogP contribution < -0.4 is 32.5 Å². The van der Waals surface area contributed by atoms with Crippen molar-refractivity contribution >= 4 is 38.8 Å². The van der Waals surface area contributed by atoms with E-state index in [1.165, 1.54) is 12.1 Å². The first kappa shape index (κ1) is 25.3. The van der Waals surface area contributed by atoms with Gasteiger partial charge in [0.1, 0.15) is 5.82 Å². The minimum atomic E-state index is -1.20. The van der Waals surface area contributed by atoms with Gasteiger partial charge in [0.05, 0.1) is 17.9 Å². The average Bonchev–Trinajstić information content (AvgIpc) is 3.32. The fourth-order valence-corrected chi connectivity index (χ4v) is 4.71. The van der Waals surface area contributed by atoms with Gasteiger partial charge in [0.2, 0.25) is 5.82 Å². The fourth-order valence-electron chi connectivity index (χ4n) is 3.66. The van der Waals surface area contributed by atoms with Gasteiger partial charge in [-0.25, -0.2) is 15.2 Å². The first-order valence-electron chi connectivity index (χ1n) is 11.3. The molecule has 0 atom stereocenters. The summed E-state index contributed by atoms with van der Waals surface area (Å²) in [5.74, 6) is 9.22. The van der Waals surface area contributed by atoms with Gasteiger partial charge in [0, 0.05) is 21.3 Å². The van der Waals surface area contributed by atoms with Crippen LogP contribution in [0.3, 0.4) is 0 Å². The molecule has 0 unspecified atom stereocenters. The number of nitrogens with two attached hydrogens (primary N) is 3. The summed E-state index contributed by atoms with van der Waals surface area (Å²) >= 11 is 1.58. The monoisotopic (exact) mass is 511 g/mol. The molecule has 8 nitrogen and oxygen atoms in total. The quantitative estimate of drug-likeness (QED) is 0.0872. The van der Waals surface area contributed by atoms with E-state index in [9.17, 15) is 8.78 Å². The maximum atomic E-state index is 15.0. The van der Waals surface area contributed by atoms with E-state index in [2.05, 4.69) is 15.4 Å². The van der Waals surface area contributed by atoms with Crippen molar-refractivity contribution in [1.82, 2.24) is 10.3 Å². The molecule has 11 heteroatoms. The van der Waals surface area contributed by atoms with Crippen LogP contribution in [0.25, 0.3) is 20.5 Å². The van der Waals surface area contributed by atoms with E-state index in [0.717, 1.165) is 32.1 Å². The molecule has 7 N–H and O–H groups in total. The molecule has 0 fully saturated rings. The Morgan fingerprint density at radius 2 is 1.97 bits per heavy atom. The van der Waals surface area contributed by atoms with Crippen LogP contribution in [0.5, 0.6) is 5.75 Å². The Kier molecular flexibility index (Phi) is 7.93. The average molecular weight is 512 g/mol. The van der Waals surface area contributed by atoms with Crippen molar-refractivity contribution in [2.75, 3.05) is 30.4 Å². The minimum Gasteiger partial charge on any atom is -0.490 e. The number of anilines is 2. The van der Waals surface area contributed by atoms with Gasteiger partial charge in [0.15, 0.2) is 17.4 Å². The summed E-state index contributed by atoms with van der Waals surface area (Å²) in [7, 11) is 0. The Morgan fingerprint density at radius 1 is 1.17 bits per heavy atom. The van der Waals surface area contributed by atoms with Crippen LogP contribution in [0.4, 0.5) is 20.3 Å². The zero-order valence-electron chi connectivity index (χ0n) is 19.7. The Morgan fingerprint density at radius 3 is 2.72 bits per heavy atom. The molecule has 2 heterocycles. The fraction of sp³-hybridized carbons (Fsp3) is 0.200. The first-order valence-corrected chi connectivity index (χ1v) is 12.1. The highest BCUT2D eigenvalue weighted by Crippen LogP contribution is 2.35. The molecule has 2 aromatic carbocycles. The van der Waals surface area contributed by atoms with Gasteiger partial charge in [-0.15, -0.1) is 11.3 Å². The topological polar surface area (TPSA) is 128 Å². The number of nitrogen functional groups attached to an aromatic ring is 1. The second-order valence-electron chi connectivity index (χ2n) is 7.89. The number of ether oxygens (including phenoxy) is 1. The molecule has 188 valence electrons. The van der Waals surface area contributed by atoms with Crippen LogP contribution in [0.15, 0.2) is 59.8 Å². The summed E-state index contributed by atoms with van der Waals surface area (Å²) in [6.45, 7) is 3.75. The molecule has 36 heavy (non-hydrogen) atoms. The molecular formula is C25H27F2N7OS. The van der Waals surface area contributed by atoms with E-state index in [0.29, 0.717) is 13.0 Å². The molecule has 0 aliphatic heterocycles. The van der Waals surface area contributed by atoms with Crippen molar-refractivity contribution in [1.29, 1.82) is 0 Å². The molecule has 0 saturated heterocycles. The maximum absolute atomic E-state index is 15.0. The molecule has 0 aliphatic carbocycles. The summed E-state index contributed by atoms with van der Waals surface area (Å²) in [6, 6.07) is 14.3. The highest BCUT2D eigenvalue weighted by molar-refractivity contribution is 7.22. The SMILES string of the molecule is CCNCCCOc1ccc(N(N)/C(=N\N)c2cc(-c3cc4ccccc4s3)cnc2N)c(F)c1F. The summed E-state index contributed by atoms with van der Waals surface area (Å²) in [5.41, 5.74) is 6.84. The molecule has 0 amide bonds. The van der Waals surface area contributed by atoms with Gasteiger partial charge in [-0.1, -0.05) is 25.1 Å². The molecule has 0 saturated carbocycles. The number of hydrogen-bond acceptors (Lipinski definition) is 8. The van der Waals surface area contributed by atoms with Crippen LogP contribution in [-0.2, 0) is 0 Å². The van der Waals surface area contributed by atoms with Crippen molar-refractivity contribution in [2.45, 2.75) is 13.3 Å². The van der Waals surface area contributed by atoms with Crippen LogP contribution in [0.1, 0.15) is 18.9 Å². The normalized spacial score (nSPS) is 11.7. The third-order valence-electron chi connectivity index (χ3n) is 5.51. The largest absolute Gasteiger partial charge is 0.490 e. The van der Waals surface area contributed by atoms with E-state index < -0.39 is 11.6 Å². The summed E-state index contributed by atoms with van der Waals surface area (Å²) in [5, 5.41) is 8.78. The van der Waals surface area contributed by atoms with E-state index in [4.69, 9.17) is 22.2 Å². The van der Waals surface area contributed by atoms with Gasteiger partial charge in [-0.05, 0) is 55.2 Å². The van der Waals surface area contributed by atoms with E-state index in [-0.39, 0.29) is 35.3 Å². The van der Waals surface area contributed by atoms with E-state index >= 15 is 0 Å². The standard InChI is InChI=1S/C25H27F2N7OS/c1-2-31-10-5-11-35-19-9-8-18(22(26)23(19)27)34(30)25(33-29)17-12-16(14-32-24(17)28)21-13-15-6-3-4-7-20(15)36-21/h3-4,6-9,12-14,31H,2,5,10-11,29-30H2,1H3,(H2,28,32)/b33-25-. The summed E-state index contributed by atoms with van der Waals surface area (Å²) in [6.07, 6.45) is 2.27. The van der Waals surface area contributed by atoms with Crippen molar-refractivity contribution in [3.63, 3.8) is 0 Å². The van der Waals surface area contributed by atoms with Crippen molar-refractivity contribution < 1.29 is 13.5 Å². The Bertz CT molecular complexity index is 1360. The Hall–Kier alpha value is -3.80. The van der Waals surface area contributed by atoms with Crippen LogP contribution in [-0.4, -0.2) is 30.5 Å². The van der Waals surface area contributed by atoms with Gasteiger partial charge in [0.25, 0.3) is 0 Å². The lowest BCUT2D eigenvalue weighted by Gasteiger charge is -2.22. The lowest BCUT2D eigenvalue weighted by atomic mass is 10.1. The zero-order valence-corrected chi connectivity index (χ0v) is 20.5. The molecule has 0 radical (unpaired) electrons. The second kappa shape index (κ2) is 11.3. The molecule has 0 bridgehead atoms. The molecular weight excluding hydrogens is 484 g/mol. The van der Waals surface area contributed by atoms with Gasteiger partial charge >= 0.3 is 0 Å². The summed E-state index contributed by atoms with van der Waals surface area (Å²) < 4.78 is 36.2. The number of fused-ring (bicyclic) bond motifs is 1.